The molecule has 3 rings (SSSR count). The Morgan fingerprint density at radius 2 is 1.92 bits per heavy atom. The normalized spacial score (nSPS) is 18.1. The molecular formula is C16H17FN4O3. The van der Waals surface area contributed by atoms with Gasteiger partial charge < -0.3 is 4.52 Å². The largest absolute Gasteiger partial charge is 0.337 e. The summed E-state index contributed by atoms with van der Waals surface area (Å²) in [6.45, 7) is 5.37. The maximum absolute atomic E-state index is 13.1. The highest BCUT2D eigenvalue weighted by Crippen LogP contribution is 2.27. The first kappa shape index (κ1) is 16.1. The summed E-state index contributed by atoms with van der Waals surface area (Å²) in [5, 5.41) is 3.82. The minimum absolute atomic E-state index is 0.0839. The Kier molecular flexibility index (Phi) is 4.04. The molecule has 2 heterocycles. The summed E-state index contributed by atoms with van der Waals surface area (Å²) in [7, 11) is 0. The van der Waals surface area contributed by atoms with Gasteiger partial charge >= 0.3 is 6.03 Å². The van der Waals surface area contributed by atoms with Gasteiger partial charge in [-0.25, -0.2) is 9.18 Å². The van der Waals surface area contributed by atoms with Crippen molar-refractivity contribution in [3.63, 3.8) is 0 Å². The van der Waals surface area contributed by atoms with Crippen LogP contribution in [-0.4, -0.2) is 33.0 Å². The van der Waals surface area contributed by atoms with E-state index in [-0.39, 0.29) is 24.3 Å². The molecule has 1 aromatic heterocycles. The Bertz CT molecular complexity index is 772. The first-order valence-corrected chi connectivity index (χ1v) is 7.61. The standard InChI is InChI=1S/C16H17FN4O3/c1-9(2)14-18-13(24-19-14)8-20-15(22)10(3)21(16(20)23)12-6-4-11(17)5-7-12/h4-7,9-10H,8H2,1-3H3/t10-/m0/s1. The first-order chi connectivity index (χ1) is 11.4. The highest BCUT2D eigenvalue weighted by molar-refractivity contribution is 6.13. The van der Waals surface area contributed by atoms with Gasteiger partial charge in [0, 0.05) is 11.6 Å². The third-order valence-electron chi connectivity index (χ3n) is 3.85. The van der Waals surface area contributed by atoms with Gasteiger partial charge in [-0.3, -0.25) is 14.6 Å². The quantitative estimate of drug-likeness (QED) is 0.804. The molecule has 0 spiro atoms. The molecule has 24 heavy (non-hydrogen) atoms. The summed E-state index contributed by atoms with van der Waals surface area (Å²) < 4.78 is 18.2. The number of urea groups is 1. The molecule has 1 atom stereocenters. The maximum Gasteiger partial charge on any atom is 0.332 e. The van der Waals surface area contributed by atoms with Crippen LogP contribution in [0.25, 0.3) is 0 Å². The summed E-state index contributed by atoms with van der Waals surface area (Å²) in [4.78, 5) is 31.6. The van der Waals surface area contributed by atoms with E-state index < -0.39 is 17.9 Å². The third-order valence-corrected chi connectivity index (χ3v) is 3.85. The summed E-state index contributed by atoms with van der Waals surface area (Å²) in [6.07, 6.45) is 0. The lowest BCUT2D eigenvalue weighted by Crippen LogP contribution is -2.33. The second-order valence-electron chi connectivity index (χ2n) is 5.93. The number of imide groups is 1. The molecule has 1 aliphatic heterocycles. The van der Waals surface area contributed by atoms with Gasteiger partial charge in [-0.2, -0.15) is 4.98 Å². The van der Waals surface area contributed by atoms with Crippen LogP contribution in [-0.2, 0) is 11.3 Å². The first-order valence-electron chi connectivity index (χ1n) is 7.61. The van der Waals surface area contributed by atoms with Gasteiger partial charge in [-0.05, 0) is 31.2 Å². The van der Waals surface area contributed by atoms with Crippen LogP contribution in [0.1, 0.15) is 38.4 Å². The lowest BCUT2D eigenvalue weighted by molar-refractivity contribution is -0.127. The Morgan fingerprint density at radius 1 is 1.25 bits per heavy atom. The molecule has 126 valence electrons. The molecule has 3 amide bonds. The van der Waals surface area contributed by atoms with Gasteiger partial charge in [0.25, 0.3) is 5.91 Å². The molecule has 0 unspecified atom stereocenters. The highest BCUT2D eigenvalue weighted by Gasteiger charge is 2.44. The molecule has 7 nitrogen and oxygen atoms in total. The fourth-order valence-electron chi connectivity index (χ4n) is 2.51. The number of hydrogen-bond donors (Lipinski definition) is 0. The van der Waals surface area contributed by atoms with Crippen molar-refractivity contribution in [2.45, 2.75) is 39.3 Å². The molecule has 8 heteroatoms. The van der Waals surface area contributed by atoms with E-state index >= 15 is 0 Å². The number of carbonyl (C=O) groups excluding carboxylic acids is 2. The molecule has 2 aromatic rings. The van der Waals surface area contributed by atoms with Crippen LogP contribution in [0, 0.1) is 5.82 Å². The fourth-order valence-corrected chi connectivity index (χ4v) is 2.51. The van der Waals surface area contributed by atoms with Crippen molar-refractivity contribution in [1.82, 2.24) is 15.0 Å². The van der Waals surface area contributed by atoms with Gasteiger partial charge in [-0.1, -0.05) is 19.0 Å². The maximum atomic E-state index is 13.1. The van der Waals surface area contributed by atoms with Gasteiger partial charge in [0.2, 0.25) is 5.89 Å². The fraction of sp³-hybridized carbons (Fsp3) is 0.375. The molecular weight excluding hydrogens is 315 g/mol. The summed E-state index contributed by atoms with van der Waals surface area (Å²) in [6, 6.07) is 4.23. The molecule has 0 N–H and O–H groups in total. The van der Waals surface area contributed by atoms with Crippen LogP contribution < -0.4 is 4.90 Å². The minimum Gasteiger partial charge on any atom is -0.337 e. The SMILES string of the molecule is CC(C)c1noc(CN2C(=O)[C@H](C)N(c3ccc(F)cc3)C2=O)n1. The van der Waals surface area contributed by atoms with Crippen LogP contribution in [0.15, 0.2) is 28.8 Å². The summed E-state index contributed by atoms with van der Waals surface area (Å²) in [5.41, 5.74) is 0.457. The zero-order chi connectivity index (χ0) is 17.4. The van der Waals surface area contributed by atoms with Gasteiger partial charge in [-0.15, -0.1) is 0 Å². The van der Waals surface area contributed by atoms with Crippen molar-refractivity contribution in [2.75, 3.05) is 4.90 Å². The zero-order valence-corrected chi connectivity index (χ0v) is 13.6. The van der Waals surface area contributed by atoms with Crippen LogP contribution in [0.5, 0.6) is 0 Å². The number of benzene rings is 1. The number of amides is 3. The van der Waals surface area contributed by atoms with E-state index in [0.717, 1.165) is 4.90 Å². The van der Waals surface area contributed by atoms with Gasteiger partial charge in [0.1, 0.15) is 18.4 Å². The van der Waals surface area contributed by atoms with Gasteiger partial charge in [0.15, 0.2) is 5.82 Å². The Hall–Kier alpha value is -2.77. The second kappa shape index (κ2) is 6.03. The van der Waals surface area contributed by atoms with Crippen LogP contribution in [0.3, 0.4) is 0 Å². The number of hydrogen-bond acceptors (Lipinski definition) is 5. The van der Waals surface area contributed by atoms with Crippen LogP contribution >= 0.6 is 0 Å². The molecule has 0 radical (unpaired) electrons. The van der Waals surface area contributed by atoms with E-state index in [1.165, 1.54) is 29.2 Å². The summed E-state index contributed by atoms with van der Waals surface area (Å²) in [5.74, 6) is 0.0325. The van der Waals surface area contributed by atoms with Crippen LogP contribution in [0.2, 0.25) is 0 Å². The number of rotatable bonds is 4. The van der Waals surface area contributed by atoms with E-state index in [1.807, 2.05) is 13.8 Å². The molecule has 1 aliphatic rings. The molecule has 1 fully saturated rings. The average molecular weight is 332 g/mol. The summed E-state index contributed by atoms with van der Waals surface area (Å²) >= 11 is 0. The number of nitrogens with zero attached hydrogens (tertiary/aromatic N) is 4. The van der Waals surface area contributed by atoms with Crippen molar-refractivity contribution in [1.29, 1.82) is 0 Å². The predicted octanol–water partition coefficient (Wildman–Crippen LogP) is 2.69. The van der Waals surface area contributed by atoms with Crippen molar-refractivity contribution in [3.8, 4) is 0 Å². The van der Waals surface area contributed by atoms with Crippen molar-refractivity contribution in [3.05, 3.63) is 41.8 Å². The molecule has 0 saturated carbocycles. The zero-order valence-electron chi connectivity index (χ0n) is 13.6. The van der Waals surface area contributed by atoms with E-state index in [9.17, 15) is 14.0 Å². The number of aromatic nitrogens is 2. The molecule has 1 aromatic carbocycles. The van der Waals surface area contributed by atoms with Crippen molar-refractivity contribution >= 4 is 17.6 Å². The number of halogens is 1. The molecule has 0 aliphatic carbocycles. The molecule has 1 saturated heterocycles. The monoisotopic (exact) mass is 332 g/mol. The lowest BCUT2D eigenvalue weighted by Gasteiger charge is -2.18. The van der Waals surface area contributed by atoms with E-state index in [1.54, 1.807) is 6.92 Å². The van der Waals surface area contributed by atoms with Crippen molar-refractivity contribution in [2.24, 2.45) is 0 Å². The van der Waals surface area contributed by atoms with E-state index in [4.69, 9.17) is 4.52 Å². The Labute approximate surface area is 138 Å². The lowest BCUT2D eigenvalue weighted by atomic mass is 10.2. The Balaban J connectivity index is 1.83. The van der Waals surface area contributed by atoms with E-state index in [0.29, 0.717) is 11.5 Å². The predicted molar refractivity (Wildman–Crippen MR) is 82.7 cm³/mol. The number of carbonyl (C=O) groups is 2. The molecule has 0 bridgehead atoms. The average Bonchev–Trinajstić information content (AvgIpc) is 3.09. The highest BCUT2D eigenvalue weighted by atomic mass is 19.1. The van der Waals surface area contributed by atoms with E-state index in [2.05, 4.69) is 10.1 Å². The second-order valence-corrected chi connectivity index (χ2v) is 5.93. The topological polar surface area (TPSA) is 79.5 Å². The van der Waals surface area contributed by atoms with Crippen LogP contribution in [0.4, 0.5) is 14.9 Å². The number of anilines is 1. The third kappa shape index (κ3) is 2.75. The van der Waals surface area contributed by atoms with Crippen molar-refractivity contribution < 1.29 is 18.5 Å². The van der Waals surface area contributed by atoms with Gasteiger partial charge in [0.05, 0.1) is 0 Å². The smallest absolute Gasteiger partial charge is 0.332 e. The Morgan fingerprint density at radius 3 is 2.50 bits per heavy atom. The minimum atomic E-state index is -0.685.